The Bertz CT molecular complexity index is 631. The summed E-state index contributed by atoms with van der Waals surface area (Å²) in [6, 6.07) is 14.9. The summed E-state index contributed by atoms with van der Waals surface area (Å²) < 4.78 is 6.34. The largest absolute Gasteiger partial charge is 0.495 e. The molecule has 0 radical (unpaired) electrons. The van der Waals surface area contributed by atoms with Crippen molar-refractivity contribution in [1.29, 1.82) is 0 Å². The molecule has 0 spiro atoms. The van der Waals surface area contributed by atoms with Gasteiger partial charge in [-0.15, -0.1) is 0 Å². The summed E-state index contributed by atoms with van der Waals surface area (Å²) in [5.74, 6) is 0.533. The molecule has 0 unspecified atom stereocenters. The van der Waals surface area contributed by atoms with E-state index in [2.05, 4.69) is 33.2 Å². The molecule has 0 saturated heterocycles. The van der Waals surface area contributed by atoms with Gasteiger partial charge in [-0.2, -0.15) is 0 Å². The first kappa shape index (κ1) is 15.6. The van der Waals surface area contributed by atoms with E-state index in [9.17, 15) is 4.79 Å². The molecule has 0 aliphatic heterocycles. The highest BCUT2D eigenvalue weighted by Crippen LogP contribution is 2.23. The molecule has 0 aliphatic rings. The first-order valence-corrected chi connectivity index (χ1v) is 7.64. The number of amides is 1. The summed E-state index contributed by atoms with van der Waals surface area (Å²) in [5, 5.41) is 6.05. The van der Waals surface area contributed by atoms with Gasteiger partial charge in [0.2, 0.25) is 5.91 Å². The third-order valence-electron chi connectivity index (χ3n) is 2.97. The smallest absolute Gasteiger partial charge is 0.246 e. The lowest BCUT2D eigenvalue weighted by atomic mass is 10.2. The van der Waals surface area contributed by atoms with Crippen molar-refractivity contribution >= 4 is 39.9 Å². The molecule has 0 heterocycles. The molecule has 1 atom stereocenters. The van der Waals surface area contributed by atoms with Crippen LogP contribution in [0, 0.1) is 3.57 Å². The Labute approximate surface area is 138 Å². The van der Waals surface area contributed by atoms with Gasteiger partial charge in [-0.3, -0.25) is 4.79 Å². The fourth-order valence-electron chi connectivity index (χ4n) is 1.88. The quantitative estimate of drug-likeness (QED) is 0.758. The molecule has 1 amide bonds. The first-order valence-electron chi connectivity index (χ1n) is 6.56. The van der Waals surface area contributed by atoms with Crippen LogP contribution in [0.5, 0.6) is 5.75 Å². The van der Waals surface area contributed by atoms with E-state index in [1.165, 1.54) is 0 Å². The fourth-order valence-corrected chi connectivity index (χ4v) is 2.43. The summed E-state index contributed by atoms with van der Waals surface area (Å²) in [6.07, 6.45) is 0. The van der Waals surface area contributed by atoms with Crippen molar-refractivity contribution in [3.63, 3.8) is 0 Å². The van der Waals surface area contributed by atoms with Gasteiger partial charge in [0.25, 0.3) is 0 Å². The molecule has 0 aromatic heterocycles. The van der Waals surface area contributed by atoms with Crippen LogP contribution in [-0.2, 0) is 4.79 Å². The zero-order chi connectivity index (χ0) is 15.2. The summed E-state index contributed by atoms with van der Waals surface area (Å²) in [6.45, 7) is 1.82. The monoisotopic (exact) mass is 396 g/mol. The maximum absolute atomic E-state index is 12.2. The third kappa shape index (κ3) is 4.35. The van der Waals surface area contributed by atoms with Crippen molar-refractivity contribution in [3.8, 4) is 5.75 Å². The number of halogens is 1. The van der Waals surface area contributed by atoms with Crippen LogP contribution in [0.4, 0.5) is 11.4 Å². The standard InChI is InChI=1S/C16H17IN2O2/c1-11(18-13-7-5-6-12(17)10-13)16(20)19-14-8-3-4-9-15(14)21-2/h3-11,18H,1-2H3,(H,19,20)/t11-/m0/s1. The van der Waals surface area contributed by atoms with Crippen molar-refractivity contribution in [2.75, 3.05) is 17.7 Å². The lowest BCUT2D eigenvalue weighted by Gasteiger charge is -2.16. The van der Waals surface area contributed by atoms with E-state index in [-0.39, 0.29) is 11.9 Å². The Hall–Kier alpha value is -1.76. The first-order chi connectivity index (χ1) is 10.1. The Balaban J connectivity index is 2.02. The lowest BCUT2D eigenvalue weighted by molar-refractivity contribution is -0.116. The molecule has 0 bridgehead atoms. The highest BCUT2D eigenvalue weighted by molar-refractivity contribution is 14.1. The second-order valence-corrected chi connectivity index (χ2v) is 5.81. The number of carbonyl (C=O) groups is 1. The summed E-state index contributed by atoms with van der Waals surface area (Å²) in [4.78, 5) is 12.2. The van der Waals surface area contributed by atoms with Gasteiger partial charge in [0.15, 0.2) is 0 Å². The van der Waals surface area contributed by atoms with E-state index >= 15 is 0 Å². The molecule has 2 aromatic carbocycles. The molecule has 2 aromatic rings. The zero-order valence-corrected chi connectivity index (χ0v) is 14.0. The molecule has 0 fully saturated rings. The van der Waals surface area contributed by atoms with Gasteiger partial charge in [0, 0.05) is 9.26 Å². The number of carbonyl (C=O) groups excluding carboxylic acids is 1. The van der Waals surface area contributed by atoms with Gasteiger partial charge in [-0.05, 0) is 59.8 Å². The maximum Gasteiger partial charge on any atom is 0.246 e. The number of ether oxygens (including phenoxy) is 1. The maximum atomic E-state index is 12.2. The van der Waals surface area contributed by atoms with Crippen molar-refractivity contribution < 1.29 is 9.53 Å². The van der Waals surface area contributed by atoms with Crippen molar-refractivity contribution in [1.82, 2.24) is 0 Å². The Morgan fingerprint density at radius 2 is 1.95 bits per heavy atom. The van der Waals surface area contributed by atoms with E-state index in [4.69, 9.17) is 4.74 Å². The Morgan fingerprint density at radius 3 is 2.67 bits per heavy atom. The van der Waals surface area contributed by atoms with Gasteiger partial charge < -0.3 is 15.4 Å². The predicted octanol–water partition coefficient (Wildman–Crippen LogP) is 3.74. The average Bonchev–Trinajstić information content (AvgIpc) is 2.47. The molecular formula is C16H17IN2O2. The SMILES string of the molecule is COc1ccccc1NC(=O)[C@H](C)Nc1cccc(I)c1. The minimum atomic E-state index is -0.354. The van der Waals surface area contributed by atoms with Crippen molar-refractivity contribution in [2.45, 2.75) is 13.0 Å². The van der Waals surface area contributed by atoms with Crippen LogP contribution in [0.2, 0.25) is 0 Å². The number of anilines is 2. The van der Waals surface area contributed by atoms with E-state index in [1.807, 2.05) is 55.5 Å². The minimum absolute atomic E-state index is 0.113. The van der Waals surface area contributed by atoms with Gasteiger partial charge in [-0.25, -0.2) is 0 Å². The molecule has 110 valence electrons. The van der Waals surface area contributed by atoms with E-state index in [0.717, 1.165) is 9.26 Å². The number of nitrogens with one attached hydrogen (secondary N) is 2. The average molecular weight is 396 g/mol. The molecule has 0 saturated carbocycles. The van der Waals surface area contributed by atoms with Crippen LogP contribution in [0.1, 0.15) is 6.92 Å². The second kappa shape index (κ2) is 7.31. The molecular weight excluding hydrogens is 379 g/mol. The number of hydrogen-bond donors (Lipinski definition) is 2. The van der Waals surface area contributed by atoms with E-state index < -0.39 is 0 Å². The highest BCUT2D eigenvalue weighted by atomic mass is 127. The van der Waals surface area contributed by atoms with Gasteiger partial charge >= 0.3 is 0 Å². The number of methoxy groups -OCH3 is 1. The Kier molecular flexibility index (Phi) is 5.44. The van der Waals surface area contributed by atoms with Crippen LogP contribution in [-0.4, -0.2) is 19.1 Å². The number of para-hydroxylation sites is 2. The van der Waals surface area contributed by atoms with E-state index in [1.54, 1.807) is 7.11 Å². The molecule has 4 nitrogen and oxygen atoms in total. The van der Waals surface area contributed by atoms with Gasteiger partial charge in [0.05, 0.1) is 12.8 Å². The molecule has 21 heavy (non-hydrogen) atoms. The number of benzene rings is 2. The summed E-state index contributed by atoms with van der Waals surface area (Å²) >= 11 is 2.24. The van der Waals surface area contributed by atoms with Crippen LogP contribution in [0.15, 0.2) is 48.5 Å². The van der Waals surface area contributed by atoms with Crippen LogP contribution in [0.3, 0.4) is 0 Å². The van der Waals surface area contributed by atoms with Crippen LogP contribution in [0.25, 0.3) is 0 Å². The summed E-state index contributed by atoms with van der Waals surface area (Å²) in [7, 11) is 1.58. The lowest BCUT2D eigenvalue weighted by Crippen LogP contribution is -2.32. The van der Waals surface area contributed by atoms with Gasteiger partial charge in [0.1, 0.15) is 11.8 Å². The predicted molar refractivity (Wildman–Crippen MR) is 93.9 cm³/mol. The number of rotatable bonds is 5. The molecule has 5 heteroatoms. The fraction of sp³-hybridized carbons (Fsp3) is 0.188. The third-order valence-corrected chi connectivity index (χ3v) is 3.64. The number of hydrogen-bond acceptors (Lipinski definition) is 3. The minimum Gasteiger partial charge on any atom is -0.495 e. The molecule has 0 aliphatic carbocycles. The van der Waals surface area contributed by atoms with Crippen LogP contribution >= 0.6 is 22.6 Å². The van der Waals surface area contributed by atoms with Crippen molar-refractivity contribution in [3.05, 3.63) is 52.1 Å². The van der Waals surface area contributed by atoms with E-state index in [0.29, 0.717) is 11.4 Å². The molecule has 2 rings (SSSR count). The normalized spacial score (nSPS) is 11.6. The highest BCUT2D eigenvalue weighted by Gasteiger charge is 2.14. The molecule has 2 N–H and O–H groups in total. The summed E-state index contributed by atoms with van der Waals surface area (Å²) in [5.41, 5.74) is 1.59. The second-order valence-electron chi connectivity index (χ2n) is 4.57. The Morgan fingerprint density at radius 1 is 1.19 bits per heavy atom. The van der Waals surface area contributed by atoms with Gasteiger partial charge in [-0.1, -0.05) is 18.2 Å². The topological polar surface area (TPSA) is 50.4 Å². The van der Waals surface area contributed by atoms with Crippen molar-refractivity contribution in [2.24, 2.45) is 0 Å². The zero-order valence-electron chi connectivity index (χ0n) is 11.9. The van der Waals surface area contributed by atoms with Crippen LogP contribution < -0.4 is 15.4 Å².